The van der Waals surface area contributed by atoms with Crippen molar-refractivity contribution in [1.82, 2.24) is 0 Å². The molecule has 8 heteroatoms. The summed E-state index contributed by atoms with van der Waals surface area (Å²) < 4.78 is 6.88. The van der Waals surface area contributed by atoms with Crippen molar-refractivity contribution in [2.45, 2.75) is 32.8 Å². The van der Waals surface area contributed by atoms with E-state index >= 15 is 0 Å². The monoisotopic (exact) mass is 334 g/mol. The van der Waals surface area contributed by atoms with Crippen molar-refractivity contribution in [2.24, 2.45) is 0 Å². The molecule has 1 fully saturated rings. The molecule has 0 aromatic heterocycles. The van der Waals surface area contributed by atoms with Gasteiger partial charge < -0.3 is 9.47 Å². The highest BCUT2D eigenvalue weighted by Gasteiger charge is 2.49. The molecule has 1 atom stereocenters. The lowest BCUT2D eigenvalue weighted by molar-refractivity contribution is -0.141. The van der Waals surface area contributed by atoms with Crippen LogP contribution in [0.25, 0.3) is 0 Å². The molecule has 0 radical (unpaired) electrons. The molecule has 2 nitrogen and oxygen atoms in total. The van der Waals surface area contributed by atoms with Crippen molar-refractivity contribution in [3.05, 3.63) is 0 Å². The highest BCUT2D eigenvalue weighted by molar-refractivity contribution is 6.73. The average molecular weight is 337 g/mol. The minimum absolute atomic E-state index is 0.485. The van der Waals surface area contributed by atoms with Gasteiger partial charge in [0.1, 0.15) is 0 Å². The van der Waals surface area contributed by atoms with E-state index < -0.39 is 20.0 Å². The molecule has 90 valence electrons. The van der Waals surface area contributed by atoms with E-state index in [1.54, 1.807) is 0 Å². The Kier molecular flexibility index (Phi) is 5.43. The van der Waals surface area contributed by atoms with E-state index in [9.17, 15) is 0 Å². The Morgan fingerprint density at radius 2 is 1.60 bits per heavy atom. The number of halogens is 6. The molecular formula is C7H8Cl6O2. The molecule has 0 bridgehead atoms. The lowest BCUT2D eigenvalue weighted by Gasteiger charge is -2.32. The first-order chi connectivity index (χ1) is 6.71. The van der Waals surface area contributed by atoms with Gasteiger partial charge in [-0.15, -0.1) is 0 Å². The summed E-state index contributed by atoms with van der Waals surface area (Å²) in [5.74, 6) is 0. The van der Waals surface area contributed by atoms with Gasteiger partial charge in [-0.2, -0.15) is 0 Å². The molecule has 0 aromatic carbocycles. The summed E-state index contributed by atoms with van der Waals surface area (Å²) in [6.07, 6.45) is -0.0981. The normalized spacial score (nSPS) is 23.8. The molecule has 1 aliphatic heterocycles. The summed E-state index contributed by atoms with van der Waals surface area (Å²) in [6, 6.07) is 0. The van der Waals surface area contributed by atoms with Gasteiger partial charge >= 0.3 is 0 Å². The molecule has 1 heterocycles. The minimum atomic E-state index is -1.82. The van der Waals surface area contributed by atoms with Crippen LogP contribution >= 0.6 is 69.6 Å². The molecule has 0 amide bonds. The van der Waals surface area contributed by atoms with Gasteiger partial charge in [0.25, 0.3) is 0 Å². The van der Waals surface area contributed by atoms with E-state index in [0.29, 0.717) is 13.0 Å². The number of ether oxygens (including phenoxy) is 2. The van der Waals surface area contributed by atoms with Crippen LogP contribution in [0.4, 0.5) is 0 Å². The van der Waals surface area contributed by atoms with Crippen LogP contribution < -0.4 is 0 Å². The van der Waals surface area contributed by atoms with E-state index in [-0.39, 0.29) is 0 Å². The molecule has 0 N–H and O–H groups in total. The topological polar surface area (TPSA) is 18.5 Å². The summed E-state index contributed by atoms with van der Waals surface area (Å²) in [5.41, 5.74) is 0. The van der Waals surface area contributed by atoms with Crippen molar-refractivity contribution < 1.29 is 9.47 Å². The van der Waals surface area contributed by atoms with Crippen molar-refractivity contribution in [3.63, 3.8) is 0 Å². The number of hydrogen-bond donors (Lipinski definition) is 0. The molecule has 1 rings (SSSR count). The van der Waals surface area contributed by atoms with Crippen LogP contribution in [0, 0.1) is 0 Å². The lowest BCUT2D eigenvalue weighted by atomic mass is 10.3. The Morgan fingerprint density at radius 1 is 1.07 bits per heavy atom. The van der Waals surface area contributed by atoms with Gasteiger partial charge in [-0.05, 0) is 6.42 Å². The molecule has 1 unspecified atom stereocenters. The zero-order valence-electron chi connectivity index (χ0n) is 7.36. The standard InChI is InChI=1S/C7H8Cl6O2/c8-6(9,10)5(7(11,12)13)15-4-2-1-3-14-4/h4-5H,1-3H2. The van der Waals surface area contributed by atoms with Crippen LogP contribution in [-0.2, 0) is 9.47 Å². The Hall–Kier alpha value is 1.66. The van der Waals surface area contributed by atoms with Gasteiger partial charge in [-0.25, -0.2) is 0 Å². The van der Waals surface area contributed by atoms with E-state index in [1.807, 2.05) is 0 Å². The largest absolute Gasteiger partial charge is 0.353 e. The number of alkyl halides is 6. The first kappa shape index (κ1) is 14.7. The van der Waals surface area contributed by atoms with Crippen molar-refractivity contribution >= 4 is 69.6 Å². The maximum absolute atomic E-state index is 5.66. The van der Waals surface area contributed by atoms with Gasteiger partial charge in [-0.3, -0.25) is 0 Å². The van der Waals surface area contributed by atoms with Crippen molar-refractivity contribution in [1.29, 1.82) is 0 Å². The van der Waals surface area contributed by atoms with Crippen LogP contribution in [-0.4, -0.2) is 26.6 Å². The van der Waals surface area contributed by atoms with Gasteiger partial charge in [0.2, 0.25) is 7.59 Å². The Labute approximate surface area is 118 Å². The van der Waals surface area contributed by atoms with Crippen LogP contribution in [0.2, 0.25) is 0 Å². The summed E-state index contributed by atoms with van der Waals surface area (Å²) in [6.45, 7) is 0.594. The summed E-state index contributed by atoms with van der Waals surface area (Å²) in [4.78, 5) is 0. The van der Waals surface area contributed by atoms with Gasteiger partial charge in [0.15, 0.2) is 12.4 Å². The van der Waals surface area contributed by atoms with E-state index in [4.69, 9.17) is 79.1 Å². The number of rotatable bonds is 2. The maximum atomic E-state index is 5.66. The third kappa shape index (κ3) is 4.81. The molecule has 0 aliphatic carbocycles. The minimum Gasteiger partial charge on any atom is -0.353 e. The Bertz CT molecular complexity index is 191. The predicted molar refractivity (Wildman–Crippen MR) is 64.4 cm³/mol. The SMILES string of the molecule is ClC(Cl)(Cl)C(OC1CCCO1)C(Cl)(Cl)Cl. The second kappa shape index (κ2) is 5.53. The molecule has 1 saturated heterocycles. The van der Waals surface area contributed by atoms with Crippen LogP contribution in [0.15, 0.2) is 0 Å². The zero-order chi connectivity index (χ0) is 11.7. The maximum Gasteiger partial charge on any atom is 0.220 e. The van der Waals surface area contributed by atoms with E-state index in [0.717, 1.165) is 6.42 Å². The molecule has 1 aliphatic rings. The van der Waals surface area contributed by atoms with Crippen LogP contribution in [0.1, 0.15) is 12.8 Å². The third-order valence-electron chi connectivity index (χ3n) is 1.77. The van der Waals surface area contributed by atoms with E-state index in [2.05, 4.69) is 0 Å². The molecule has 15 heavy (non-hydrogen) atoms. The molecule has 0 aromatic rings. The molecule has 0 spiro atoms. The van der Waals surface area contributed by atoms with E-state index in [1.165, 1.54) is 0 Å². The van der Waals surface area contributed by atoms with Gasteiger partial charge in [0.05, 0.1) is 0 Å². The third-order valence-corrected chi connectivity index (χ3v) is 2.96. The first-order valence-electron chi connectivity index (χ1n) is 4.12. The first-order valence-corrected chi connectivity index (χ1v) is 6.38. The summed E-state index contributed by atoms with van der Waals surface area (Å²) in [5, 5.41) is 0. The molecule has 0 saturated carbocycles. The fourth-order valence-electron chi connectivity index (χ4n) is 1.15. The highest BCUT2D eigenvalue weighted by atomic mass is 35.6. The predicted octanol–water partition coefficient (Wildman–Crippen LogP) is 4.25. The fourth-order valence-corrected chi connectivity index (χ4v) is 2.94. The van der Waals surface area contributed by atoms with Crippen LogP contribution in [0.3, 0.4) is 0 Å². The Morgan fingerprint density at radius 3 is 1.93 bits per heavy atom. The summed E-state index contributed by atoms with van der Waals surface area (Å²) >= 11 is 34.0. The van der Waals surface area contributed by atoms with Crippen molar-refractivity contribution in [3.8, 4) is 0 Å². The fraction of sp³-hybridized carbons (Fsp3) is 1.00. The number of hydrogen-bond acceptors (Lipinski definition) is 2. The van der Waals surface area contributed by atoms with Crippen molar-refractivity contribution in [2.75, 3.05) is 6.61 Å². The highest BCUT2D eigenvalue weighted by Crippen LogP contribution is 2.46. The smallest absolute Gasteiger partial charge is 0.220 e. The zero-order valence-corrected chi connectivity index (χ0v) is 11.9. The van der Waals surface area contributed by atoms with Gasteiger partial charge in [0, 0.05) is 13.0 Å². The summed E-state index contributed by atoms with van der Waals surface area (Å²) in [7, 11) is 0. The average Bonchev–Trinajstić information content (AvgIpc) is 2.46. The molecular weight excluding hydrogens is 329 g/mol. The Balaban J connectivity index is 2.65. The van der Waals surface area contributed by atoms with Gasteiger partial charge in [-0.1, -0.05) is 69.6 Å². The second-order valence-electron chi connectivity index (χ2n) is 3.04. The second-order valence-corrected chi connectivity index (χ2v) is 7.78. The van der Waals surface area contributed by atoms with Crippen LogP contribution in [0.5, 0.6) is 0 Å². The lowest BCUT2D eigenvalue weighted by Crippen LogP contribution is -2.42. The quantitative estimate of drug-likeness (QED) is 0.702.